The summed E-state index contributed by atoms with van der Waals surface area (Å²) in [6.45, 7) is 4.18. The minimum atomic E-state index is -0.137. The molecule has 2 aromatic carbocycles. The van der Waals surface area contributed by atoms with Gasteiger partial charge in [-0.2, -0.15) is 0 Å². The summed E-state index contributed by atoms with van der Waals surface area (Å²) < 4.78 is 19.6. The Balaban J connectivity index is 1.14. The van der Waals surface area contributed by atoms with Gasteiger partial charge < -0.3 is 19.9 Å². The van der Waals surface area contributed by atoms with Crippen molar-refractivity contribution < 1.29 is 13.9 Å². The third-order valence-corrected chi connectivity index (χ3v) is 7.21. The van der Waals surface area contributed by atoms with E-state index in [0.717, 1.165) is 61.5 Å². The van der Waals surface area contributed by atoms with Crippen LogP contribution >= 0.6 is 0 Å². The number of carbonyl (C=O) groups is 1. The molecule has 6 rings (SSSR count). The number of halogens is 1. The SMILES string of the molecule is O=C1CN2c3c(cccc3[C@@H]3CN(CCCc4ccc(F)c5c4OCC5)CC[C@@H]32)N1. The van der Waals surface area contributed by atoms with Gasteiger partial charge in [-0.3, -0.25) is 4.79 Å². The van der Waals surface area contributed by atoms with Crippen LogP contribution in [-0.4, -0.2) is 49.6 Å². The van der Waals surface area contributed by atoms with Crippen molar-refractivity contribution in [2.24, 2.45) is 0 Å². The first kappa shape index (κ1) is 18.2. The molecule has 1 saturated heterocycles. The highest BCUT2D eigenvalue weighted by Crippen LogP contribution is 2.49. The van der Waals surface area contributed by atoms with Crippen molar-refractivity contribution in [3.05, 3.63) is 52.8 Å². The summed E-state index contributed by atoms with van der Waals surface area (Å²) in [5.74, 6) is 1.20. The molecule has 30 heavy (non-hydrogen) atoms. The molecule has 6 heteroatoms. The number of hydrogen-bond donors (Lipinski definition) is 1. The minimum absolute atomic E-state index is 0.0942. The van der Waals surface area contributed by atoms with Gasteiger partial charge in [0.1, 0.15) is 11.6 Å². The lowest BCUT2D eigenvalue weighted by molar-refractivity contribution is -0.115. The molecule has 156 valence electrons. The van der Waals surface area contributed by atoms with Crippen LogP contribution < -0.4 is 15.0 Å². The van der Waals surface area contributed by atoms with Gasteiger partial charge in [-0.25, -0.2) is 4.39 Å². The first-order chi connectivity index (χ1) is 14.7. The Morgan fingerprint density at radius 1 is 1.23 bits per heavy atom. The van der Waals surface area contributed by atoms with Crippen molar-refractivity contribution in [1.82, 2.24) is 4.90 Å². The molecule has 4 aliphatic rings. The first-order valence-electron chi connectivity index (χ1n) is 11.0. The molecule has 4 aliphatic heterocycles. The van der Waals surface area contributed by atoms with Gasteiger partial charge in [-0.15, -0.1) is 0 Å². The molecule has 0 bridgehead atoms. The number of nitrogens with zero attached hydrogens (tertiary/aromatic N) is 2. The Labute approximate surface area is 175 Å². The molecule has 1 N–H and O–H groups in total. The predicted octanol–water partition coefficient (Wildman–Crippen LogP) is 3.32. The van der Waals surface area contributed by atoms with Gasteiger partial charge in [0.25, 0.3) is 0 Å². The Bertz CT molecular complexity index is 1020. The number of hydrogen-bond acceptors (Lipinski definition) is 4. The van der Waals surface area contributed by atoms with E-state index in [1.165, 1.54) is 11.3 Å². The standard InChI is InChI=1S/C24H26FN3O2/c25-19-7-6-15(24-17(19)9-12-30-24)3-2-10-27-11-8-21-18(13-27)16-4-1-5-20-23(16)28(21)14-22(29)26-20/h1,4-7,18,21H,2-3,8-14H2,(H,26,29)/t18-,21-/m0/s1. The fourth-order valence-electron chi connectivity index (χ4n) is 5.89. The van der Waals surface area contributed by atoms with Crippen LogP contribution in [0.15, 0.2) is 30.3 Å². The number of benzene rings is 2. The second kappa shape index (κ2) is 6.98. The van der Waals surface area contributed by atoms with Crippen molar-refractivity contribution in [3.63, 3.8) is 0 Å². The first-order valence-corrected chi connectivity index (χ1v) is 11.0. The van der Waals surface area contributed by atoms with E-state index in [1.807, 2.05) is 12.1 Å². The number of aryl methyl sites for hydroxylation is 1. The Kier molecular flexibility index (Phi) is 4.23. The summed E-state index contributed by atoms with van der Waals surface area (Å²) in [7, 11) is 0. The largest absolute Gasteiger partial charge is 0.493 e. The van der Waals surface area contributed by atoms with Crippen molar-refractivity contribution in [2.45, 2.75) is 37.6 Å². The van der Waals surface area contributed by atoms with Crippen LogP contribution in [-0.2, 0) is 17.6 Å². The summed E-state index contributed by atoms with van der Waals surface area (Å²) in [4.78, 5) is 17.0. The van der Waals surface area contributed by atoms with Crippen LogP contribution in [0, 0.1) is 5.82 Å². The van der Waals surface area contributed by atoms with E-state index >= 15 is 0 Å². The third-order valence-electron chi connectivity index (χ3n) is 7.21. The van der Waals surface area contributed by atoms with E-state index < -0.39 is 0 Å². The molecule has 0 unspecified atom stereocenters. The number of nitrogens with one attached hydrogen (secondary N) is 1. The van der Waals surface area contributed by atoms with Crippen LogP contribution in [0.5, 0.6) is 5.75 Å². The predicted molar refractivity (Wildman–Crippen MR) is 114 cm³/mol. The zero-order valence-electron chi connectivity index (χ0n) is 17.0. The number of amides is 1. The zero-order chi connectivity index (χ0) is 20.2. The maximum absolute atomic E-state index is 13.9. The van der Waals surface area contributed by atoms with E-state index in [2.05, 4.69) is 27.2 Å². The summed E-state index contributed by atoms with van der Waals surface area (Å²) >= 11 is 0. The average molecular weight is 407 g/mol. The topological polar surface area (TPSA) is 44.8 Å². The van der Waals surface area contributed by atoms with Gasteiger partial charge in [-0.1, -0.05) is 18.2 Å². The second-order valence-electron chi connectivity index (χ2n) is 8.90. The van der Waals surface area contributed by atoms with Crippen LogP contribution in [0.3, 0.4) is 0 Å². The van der Waals surface area contributed by atoms with Gasteiger partial charge in [0.05, 0.1) is 24.5 Å². The number of anilines is 2. The Morgan fingerprint density at radius 3 is 3.10 bits per heavy atom. The van der Waals surface area contributed by atoms with Crippen LogP contribution in [0.25, 0.3) is 0 Å². The quantitative estimate of drug-likeness (QED) is 0.845. The van der Waals surface area contributed by atoms with E-state index in [4.69, 9.17) is 4.74 Å². The van der Waals surface area contributed by atoms with E-state index in [-0.39, 0.29) is 11.7 Å². The van der Waals surface area contributed by atoms with Crippen molar-refractivity contribution in [3.8, 4) is 5.75 Å². The van der Waals surface area contributed by atoms with Crippen LogP contribution in [0.2, 0.25) is 0 Å². The maximum atomic E-state index is 13.9. The molecule has 2 aromatic rings. The van der Waals surface area contributed by atoms with Crippen molar-refractivity contribution in [2.75, 3.05) is 43.0 Å². The molecule has 0 saturated carbocycles. The van der Waals surface area contributed by atoms with Gasteiger partial charge in [0.2, 0.25) is 5.91 Å². The monoisotopic (exact) mass is 407 g/mol. The van der Waals surface area contributed by atoms with Crippen LogP contribution in [0.1, 0.15) is 35.4 Å². The normalized spacial score (nSPS) is 24.2. The van der Waals surface area contributed by atoms with Gasteiger partial charge >= 0.3 is 0 Å². The fraction of sp³-hybridized carbons (Fsp3) is 0.458. The molecular formula is C24H26FN3O2. The van der Waals surface area contributed by atoms with E-state index in [1.54, 1.807) is 6.07 Å². The number of carbonyl (C=O) groups excluding carboxylic acids is 1. The number of rotatable bonds is 4. The zero-order valence-corrected chi connectivity index (χ0v) is 17.0. The van der Waals surface area contributed by atoms with E-state index in [9.17, 15) is 9.18 Å². The molecule has 1 fully saturated rings. The summed E-state index contributed by atoms with van der Waals surface area (Å²) in [5, 5.41) is 3.04. The lowest BCUT2D eigenvalue weighted by Crippen LogP contribution is -2.49. The summed E-state index contributed by atoms with van der Waals surface area (Å²) in [6, 6.07) is 10.2. The van der Waals surface area contributed by atoms with E-state index in [0.29, 0.717) is 31.5 Å². The number of fused-ring (bicyclic) bond motifs is 4. The Hall–Kier alpha value is -2.60. The molecule has 0 aromatic heterocycles. The highest BCUT2D eigenvalue weighted by atomic mass is 19.1. The van der Waals surface area contributed by atoms with Crippen molar-refractivity contribution in [1.29, 1.82) is 0 Å². The third kappa shape index (κ3) is 2.81. The molecule has 1 amide bonds. The number of likely N-dealkylation sites (tertiary alicyclic amines) is 1. The lowest BCUT2D eigenvalue weighted by atomic mass is 9.89. The molecule has 0 aliphatic carbocycles. The highest BCUT2D eigenvalue weighted by molar-refractivity contribution is 6.03. The molecule has 4 heterocycles. The molecular weight excluding hydrogens is 381 g/mol. The molecule has 0 radical (unpaired) electrons. The number of piperidine rings is 1. The highest BCUT2D eigenvalue weighted by Gasteiger charge is 2.45. The average Bonchev–Trinajstić information content (AvgIpc) is 3.36. The van der Waals surface area contributed by atoms with Crippen molar-refractivity contribution >= 4 is 17.3 Å². The Morgan fingerprint density at radius 2 is 2.17 bits per heavy atom. The number of ether oxygens (including phenoxy) is 1. The van der Waals surface area contributed by atoms with Gasteiger partial charge in [0.15, 0.2) is 0 Å². The van der Waals surface area contributed by atoms with Gasteiger partial charge in [-0.05, 0) is 49.1 Å². The maximum Gasteiger partial charge on any atom is 0.243 e. The van der Waals surface area contributed by atoms with Crippen LogP contribution in [0.4, 0.5) is 15.8 Å². The second-order valence-corrected chi connectivity index (χ2v) is 8.90. The summed E-state index contributed by atoms with van der Waals surface area (Å²) in [6.07, 6.45) is 3.72. The molecule has 2 atom stereocenters. The molecule has 0 spiro atoms. The fourth-order valence-corrected chi connectivity index (χ4v) is 5.89. The van der Waals surface area contributed by atoms with Gasteiger partial charge in [0, 0.05) is 37.0 Å². The lowest BCUT2D eigenvalue weighted by Gasteiger charge is -2.39. The minimum Gasteiger partial charge on any atom is -0.493 e. The summed E-state index contributed by atoms with van der Waals surface area (Å²) in [5.41, 5.74) is 5.48. The molecule has 5 nitrogen and oxygen atoms in total. The smallest absolute Gasteiger partial charge is 0.243 e. The number of para-hydroxylation sites is 1.